The molecule has 1 heterocycles. The van der Waals surface area contributed by atoms with Gasteiger partial charge in [0.25, 0.3) is 0 Å². The standard InChI is InChI=1S/C10H18N2O2/c1-3-5-8-9(6-7-13-4-2)14-12-10(8)11/h3-7H2,1-2H3,(H2,11,12). The van der Waals surface area contributed by atoms with E-state index in [1.807, 2.05) is 6.92 Å². The number of nitrogens with two attached hydrogens (primary N) is 1. The molecule has 1 aromatic heterocycles. The molecule has 0 atom stereocenters. The summed E-state index contributed by atoms with van der Waals surface area (Å²) in [6, 6.07) is 0. The molecule has 0 aromatic carbocycles. The van der Waals surface area contributed by atoms with E-state index >= 15 is 0 Å². The maximum Gasteiger partial charge on any atom is 0.170 e. The topological polar surface area (TPSA) is 61.3 Å². The van der Waals surface area contributed by atoms with Crippen LogP contribution in [-0.4, -0.2) is 18.4 Å². The number of anilines is 1. The van der Waals surface area contributed by atoms with Crippen molar-refractivity contribution in [3.8, 4) is 0 Å². The van der Waals surface area contributed by atoms with E-state index in [2.05, 4.69) is 12.1 Å². The van der Waals surface area contributed by atoms with E-state index in [1.165, 1.54) is 0 Å². The smallest absolute Gasteiger partial charge is 0.170 e. The molecule has 80 valence electrons. The molecule has 0 fully saturated rings. The van der Waals surface area contributed by atoms with Crippen molar-refractivity contribution in [2.75, 3.05) is 18.9 Å². The van der Waals surface area contributed by atoms with Crippen LogP contribution in [0.3, 0.4) is 0 Å². The Morgan fingerprint density at radius 3 is 2.79 bits per heavy atom. The Labute approximate surface area is 84.4 Å². The van der Waals surface area contributed by atoms with E-state index in [4.69, 9.17) is 15.0 Å². The molecule has 14 heavy (non-hydrogen) atoms. The van der Waals surface area contributed by atoms with Gasteiger partial charge in [-0.1, -0.05) is 18.5 Å². The largest absolute Gasteiger partial charge is 0.381 e. The third kappa shape index (κ3) is 2.73. The Hall–Kier alpha value is -1.03. The summed E-state index contributed by atoms with van der Waals surface area (Å²) in [6.07, 6.45) is 2.73. The minimum absolute atomic E-state index is 0.526. The number of rotatable bonds is 6. The van der Waals surface area contributed by atoms with E-state index in [-0.39, 0.29) is 0 Å². The third-order valence-corrected chi connectivity index (χ3v) is 2.08. The Balaban J connectivity index is 2.56. The minimum atomic E-state index is 0.526. The van der Waals surface area contributed by atoms with Gasteiger partial charge in [-0.25, -0.2) is 0 Å². The first-order valence-electron chi connectivity index (χ1n) is 5.10. The van der Waals surface area contributed by atoms with Gasteiger partial charge in [-0.15, -0.1) is 0 Å². The van der Waals surface area contributed by atoms with Crippen LogP contribution in [0.25, 0.3) is 0 Å². The van der Waals surface area contributed by atoms with Gasteiger partial charge in [-0.05, 0) is 13.3 Å². The molecular weight excluding hydrogens is 180 g/mol. The van der Waals surface area contributed by atoms with Crippen LogP contribution in [0.1, 0.15) is 31.6 Å². The molecule has 0 aliphatic carbocycles. The molecule has 0 unspecified atom stereocenters. The summed E-state index contributed by atoms with van der Waals surface area (Å²) in [5.74, 6) is 1.40. The van der Waals surface area contributed by atoms with Gasteiger partial charge in [0, 0.05) is 18.6 Å². The van der Waals surface area contributed by atoms with Crippen LogP contribution in [-0.2, 0) is 17.6 Å². The quantitative estimate of drug-likeness (QED) is 0.708. The highest BCUT2D eigenvalue weighted by molar-refractivity contribution is 5.40. The van der Waals surface area contributed by atoms with E-state index in [9.17, 15) is 0 Å². The monoisotopic (exact) mass is 198 g/mol. The van der Waals surface area contributed by atoms with Gasteiger partial charge in [-0.3, -0.25) is 0 Å². The second-order valence-corrected chi connectivity index (χ2v) is 3.17. The Bertz CT molecular complexity index is 271. The molecule has 0 saturated heterocycles. The van der Waals surface area contributed by atoms with Gasteiger partial charge in [0.1, 0.15) is 5.76 Å². The van der Waals surface area contributed by atoms with Crippen LogP contribution in [0.15, 0.2) is 4.52 Å². The molecule has 4 nitrogen and oxygen atoms in total. The summed E-state index contributed by atoms with van der Waals surface area (Å²) in [6.45, 7) is 5.48. The lowest BCUT2D eigenvalue weighted by Crippen LogP contribution is -2.00. The van der Waals surface area contributed by atoms with Crippen molar-refractivity contribution in [3.63, 3.8) is 0 Å². The van der Waals surface area contributed by atoms with Crippen molar-refractivity contribution in [3.05, 3.63) is 11.3 Å². The fourth-order valence-corrected chi connectivity index (χ4v) is 1.38. The van der Waals surface area contributed by atoms with Gasteiger partial charge >= 0.3 is 0 Å². The lowest BCUT2D eigenvalue weighted by molar-refractivity contribution is 0.145. The molecular formula is C10H18N2O2. The van der Waals surface area contributed by atoms with E-state index in [0.717, 1.165) is 37.2 Å². The third-order valence-electron chi connectivity index (χ3n) is 2.08. The zero-order chi connectivity index (χ0) is 10.4. The molecule has 0 saturated carbocycles. The summed E-state index contributed by atoms with van der Waals surface area (Å²) >= 11 is 0. The van der Waals surface area contributed by atoms with E-state index < -0.39 is 0 Å². The molecule has 0 aliphatic rings. The Morgan fingerprint density at radius 1 is 1.36 bits per heavy atom. The second kappa shape index (κ2) is 5.65. The number of hydrogen-bond donors (Lipinski definition) is 1. The number of aromatic nitrogens is 1. The van der Waals surface area contributed by atoms with Crippen molar-refractivity contribution < 1.29 is 9.26 Å². The van der Waals surface area contributed by atoms with Crippen LogP contribution in [0.2, 0.25) is 0 Å². The normalized spacial score (nSPS) is 10.7. The highest BCUT2D eigenvalue weighted by Gasteiger charge is 2.11. The molecule has 2 N–H and O–H groups in total. The lowest BCUT2D eigenvalue weighted by atomic mass is 10.1. The van der Waals surface area contributed by atoms with Gasteiger partial charge in [-0.2, -0.15) is 0 Å². The minimum Gasteiger partial charge on any atom is -0.381 e. The Kier molecular flexibility index (Phi) is 4.46. The summed E-state index contributed by atoms with van der Waals surface area (Å²) in [7, 11) is 0. The number of ether oxygens (including phenoxy) is 1. The fraction of sp³-hybridized carbons (Fsp3) is 0.700. The first-order chi connectivity index (χ1) is 6.79. The molecule has 0 bridgehead atoms. The van der Waals surface area contributed by atoms with E-state index in [1.54, 1.807) is 0 Å². The van der Waals surface area contributed by atoms with Crippen molar-refractivity contribution >= 4 is 5.82 Å². The average molecular weight is 198 g/mol. The molecule has 0 aliphatic heterocycles. The van der Waals surface area contributed by atoms with Gasteiger partial charge in [0.05, 0.1) is 6.61 Å². The highest BCUT2D eigenvalue weighted by atomic mass is 16.5. The van der Waals surface area contributed by atoms with Crippen LogP contribution >= 0.6 is 0 Å². The van der Waals surface area contributed by atoms with Crippen molar-refractivity contribution in [1.82, 2.24) is 5.16 Å². The summed E-state index contributed by atoms with van der Waals surface area (Å²) in [5.41, 5.74) is 6.73. The Morgan fingerprint density at radius 2 is 2.14 bits per heavy atom. The first kappa shape index (κ1) is 11.0. The maximum atomic E-state index is 5.69. The molecule has 4 heteroatoms. The summed E-state index contributed by atoms with van der Waals surface area (Å²) in [4.78, 5) is 0. The number of nitrogen functional groups attached to an aromatic ring is 1. The fourth-order valence-electron chi connectivity index (χ4n) is 1.38. The molecule has 1 aromatic rings. The van der Waals surface area contributed by atoms with Crippen molar-refractivity contribution in [1.29, 1.82) is 0 Å². The number of nitrogens with zero attached hydrogens (tertiary/aromatic N) is 1. The predicted molar refractivity (Wildman–Crippen MR) is 55.1 cm³/mol. The maximum absolute atomic E-state index is 5.69. The van der Waals surface area contributed by atoms with Crippen LogP contribution < -0.4 is 5.73 Å². The number of hydrogen-bond acceptors (Lipinski definition) is 4. The zero-order valence-corrected chi connectivity index (χ0v) is 8.88. The molecule has 0 spiro atoms. The van der Waals surface area contributed by atoms with Crippen LogP contribution in [0.5, 0.6) is 0 Å². The molecule has 0 amide bonds. The van der Waals surface area contributed by atoms with Gasteiger partial charge < -0.3 is 15.0 Å². The SMILES string of the molecule is CCCc1c(N)noc1CCOCC. The van der Waals surface area contributed by atoms with Crippen LogP contribution in [0, 0.1) is 0 Å². The average Bonchev–Trinajstić information content (AvgIpc) is 2.51. The van der Waals surface area contributed by atoms with Crippen LogP contribution in [0.4, 0.5) is 5.82 Å². The second-order valence-electron chi connectivity index (χ2n) is 3.17. The van der Waals surface area contributed by atoms with Gasteiger partial charge in [0.2, 0.25) is 0 Å². The first-order valence-corrected chi connectivity index (χ1v) is 5.10. The summed E-state index contributed by atoms with van der Waals surface area (Å²) < 4.78 is 10.4. The highest BCUT2D eigenvalue weighted by Crippen LogP contribution is 2.18. The predicted octanol–water partition coefficient (Wildman–Crippen LogP) is 1.79. The summed E-state index contributed by atoms with van der Waals surface area (Å²) in [5, 5.41) is 3.76. The van der Waals surface area contributed by atoms with Gasteiger partial charge in [0.15, 0.2) is 5.82 Å². The van der Waals surface area contributed by atoms with Crippen molar-refractivity contribution in [2.24, 2.45) is 0 Å². The molecule has 1 rings (SSSR count). The van der Waals surface area contributed by atoms with Crippen molar-refractivity contribution in [2.45, 2.75) is 33.1 Å². The van der Waals surface area contributed by atoms with E-state index in [0.29, 0.717) is 12.4 Å². The zero-order valence-electron chi connectivity index (χ0n) is 8.88. The molecule has 0 radical (unpaired) electrons. The lowest BCUT2D eigenvalue weighted by Gasteiger charge is -2.00.